The van der Waals surface area contributed by atoms with Crippen molar-refractivity contribution >= 4 is 16.3 Å². The summed E-state index contributed by atoms with van der Waals surface area (Å²) in [5.74, 6) is 0.707. The van der Waals surface area contributed by atoms with Gasteiger partial charge in [-0.25, -0.2) is 9.97 Å². The highest BCUT2D eigenvalue weighted by molar-refractivity contribution is 5.87. The summed E-state index contributed by atoms with van der Waals surface area (Å²) < 4.78 is 0. The topological polar surface area (TPSA) is 38.7 Å². The summed E-state index contributed by atoms with van der Waals surface area (Å²) in [5, 5.41) is 2.48. The zero-order valence-corrected chi connectivity index (χ0v) is 25.3. The van der Waals surface area contributed by atoms with Crippen molar-refractivity contribution in [3.05, 3.63) is 170 Å². The Morgan fingerprint density at radius 1 is 0.457 bits per heavy atom. The standard InChI is InChI=1S/C43H31N3/c1-2-7-30(8-3-1)32-12-19-35(20-13-32)41-28-42(36-21-14-34(15-22-36)40-11-6-26-44-29-40)46-43(45-41)37-23-16-33(17-24-37)39-25-18-31-9-4-5-10-38(31)27-39/h1-2,4-7,9-29H,3,8H2. The average molecular weight is 590 g/mol. The van der Waals surface area contributed by atoms with Crippen LogP contribution in [0.1, 0.15) is 18.4 Å². The first kappa shape index (κ1) is 27.6. The molecule has 0 bridgehead atoms. The molecule has 0 atom stereocenters. The van der Waals surface area contributed by atoms with Crippen molar-refractivity contribution in [3.63, 3.8) is 0 Å². The molecular weight excluding hydrogens is 558 g/mol. The van der Waals surface area contributed by atoms with Crippen LogP contribution in [0.2, 0.25) is 0 Å². The normalized spacial score (nSPS) is 12.7. The molecule has 2 heterocycles. The summed E-state index contributed by atoms with van der Waals surface area (Å²) in [7, 11) is 0. The molecular formula is C43H31N3. The highest BCUT2D eigenvalue weighted by Crippen LogP contribution is 2.32. The number of pyridine rings is 1. The van der Waals surface area contributed by atoms with Crippen LogP contribution >= 0.6 is 0 Å². The van der Waals surface area contributed by atoms with E-state index in [0.29, 0.717) is 5.82 Å². The second kappa shape index (κ2) is 12.2. The molecule has 1 aliphatic rings. The summed E-state index contributed by atoms with van der Waals surface area (Å²) in [4.78, 5) is 14.5. The molecule has 0 unspecified atom stereocenters. The van der Waals surface area contributed by atoms with Gasteiger partial charge in [-0.05, 0) is 75.2 Å². The Hall–Kier alpha value is -5.93. The fraction of sp³-hybridized carbons (Fsp3) is 0.0465. The molecule has 0 aliphatic heterocycles. The van der Waals surface area contributed by atoms with Crippen LogP contribution < -0.4 is 0 Å². The third kappa shape index (κ3) is 5.67. The molecule has 3 nitrogen and oxygen atoms in total. The molecule has 218 valence electrons. The molecule has 1 aliphatic carbocycles. The minimum atomic E-state index is 0.707. The van der Waals surface area contributed by atoms with E-state index < -0.39 is 0 Å². The smallest absolute Gasteiger partial charge is 0.160 e. The molecule has 0 fully saturated rings. The molecule has 46 heavy (non-hydrogen) atoms. The van der Waals surface area contributed by atoms with E-state index in [2.05, 4.69) is 151 Å². The summed E-state index contributed by atoms with van der Waals surface area (Å²) in [6, 6.07) is 47.1. The fourth-order valence-corrected chi connectivity index (χ4v) is 6.12. The Morgan fingerprint density at radius 3 is 1.72 bits per heavy atom. The zero-order valence-electron chi connectivity index (χ0n) is 25.3. The van der Waals surface area contributed by atoms with Gasteiger partial charge in [0, 0.05) is 29.1 Å². The van der Waals surface area contributed by atoms with Crippen LogP contribution in [0.15, 0.2) is 164 Å². The molecule has 8 rings (SSSR count). The van der Waals surface area contributed by atoms with Gasteiger partial charge in [0.15, 0.2) is 5.82 Å². The predicted octanol–water partition coefficient (Wildman–Crippen LogP) is 11.1. The van der Waals surface area contributed by atoms with Gasteiger partial charge in [0.05, 0.1) is 11.4 Å². The van der Waals surface area contributed by atoms with E-state index in [0.717, 1.165) is 52.0 Å². The number of allylic oxidation sites excluding steroid dienone is 4. The van der Waals surface area contributed by atoms with Crippen molar-refractivity contribution in [3.8, 4) is 56.2 Å². The van der Waals surface area contributed by atoms with Crippen LogP contribution in [0.25, 0.3) is 72.5 Å². The van der Waals surface area contributed by atoms with Crippen molar-refractivity contribution in [2.75, 3.05) is 0 Å². The Labute approximate surface area is 269 Å². The SMILES string of the molecule is C1=CCCC(c2ccc(-c3cc(-c4ccc(-c5cccnc5)cc4)nc(-c4ccc(-c5ccc6ccccc6c5)cc4)n3)cc2)=C1. The third-order valence-corrected chi connectivity index (χ3v) is 8.69. The summed E-state index contributed by atoms with van der Waals surface area (Å²) in [6.45, 7) is 0. The molecule has 3 heteroatoms. The first-order valence-electron chi connectivity index (χ1n) is 15.7. The van der Waals surface area contributed by atoms with Gasteiger partial charge in [-0.3, -0.25) is 4.98 Å². The molecule has 0 saturated carbocycles. The van der Waals surface area contributed by atoms with Crippen LogP contribution in [0.3, 0.4) is 0 Å². The Balaban J connectivity index is 1.17. The van der Waals surface area contributed by atoms with Gasteiger partial charge in [0.25, 0.3) is 0 Å². The number of aromatic nitrogens is 3. The molecule has 2 aromatic heterocycles. The Kier molecular flexibility index (Phi) is 7.33. The monoisotopic (exact) mass is 589 g/mol. The van der Waals surface area contributed by atoms with Gasteiger partial charge >= 0.3 is 0 Å². The lowest BCUT2D eigenvalue weighted by Gasteiger charge is -2.12. The lowest BCUT2D eigenvalue weighted by molar-refractivity contribution is 1.05. The Bertz CT molecular complexity index is 2210. The fourth-order valence-electron chi connectivity index (χ4n) is 6.12. The maximum Gasteiger partial charge on any atom is 0.160 e. The third-order valence-electron chi connectivity index (χ3n) is 8.69. The molecule has 7 aromatic rings. The maximum atomic E-state index is 5.10. The van der Waals surface area contributed by atoms with Crippen molar-refractivity contribution in [1.82, 2.24) is 15.0 Å². The van der Waals surface area contributed by atoms with Crippen molar-refractivity contribution in [2.45, 2.75) is 12.8 Å². The van der Waals surface area contributed by atoms with Gasteiger partial charge in [-0.2, -0.15) is 0 Å². The van der Waals surface area contributed by atoms with Crippen LogP contribution in [-0.4, -0.2) is 15.0 Å². The number of fused-ring (bicyclic) bond motifs is 1. The zero-order chi connectivity index (χ0) is 30.7. The van der Waals surface area contributed by atoms with E-state index in [9.17, 15) is 0 Å². The highest BCUT2D eigenvalue weighted by Gasteiger charge is 2.13. The molecule has 0 amide bonds. The van der Waals surface area contributed by atoms with Crippen LogP contribution in [0.4, 0.5) is 0 Å². The molecule has 0 radical (unpaired) electrons. The number of rotatable bonds is 6. The average Bonchev–Trinajstić information content (AvgIpc) is 3.15. The quantitative estimate of drug-likeness (QED) is 0.194. The van der Waals surface area contributed by atoms with E-state index in [1.807, 2.05) is 12.3 Å². The van der Waals surface area contributed by atoms with E-state index in [4.69, 9.17) is 9.97 Å². The van der Waals surface area contributed by atoms with Gasteiger partial charge in [0.1, 0.15) is 0 Å². The maximum absolute atomic E-state index is 5.10. The minimum Gasteiger partial charge on any atom is -0.264 e. The predicted molar refractivity (Wildman–Crippen MR) is 191 cm³/mol. The van der Waals surface area contributed by atoms with Gasteiger partial charge < -0.3 is 0 Å². The van der Waals surface area contributed by atoms with Gasteiger partial charge in [-0.15, -0.1) is 0 Å². The first-order valence-corrected chi connectivity index (χ1v) is 15.7. The first-order chi connectivity index (χ1) is 22.8. The van der Waals surface area contributed by atoms with Gasteiger partial charge in [0.2, 0.25) is 0 Å². The molecule has 0 spiro atoms. The van der Waals surface area contributed by atoms with E-state index in [-0.39, 0.29) is 0 Å². The summed E-state index contributed by atoms with van der Waals surface area (Å²) >= 11 is 0. The Morgan fingerprint density at radius 2 is 1.07 bits per heavy atom. The second-order valence-electron chi connectivity index (χ2n) is 11.7. The minimum absolute atomic E-state index is 0.707. The lowest BCUT2D eigenvalue weighted by atomic mass is 9.96. The molecule has 5 aromatic carbocycles. The lowest BCUT2D eigenvalue weighted by Crippen LogP contribution is -1.96. The second-order valence-corrected chi connectivity index (χ2v) is 11.7. The number of hydrogen-bond donors (Lipinski definition) is 0. The number of benzene rings is 5. The summed E-state index contributed by atoms with van der Waals surface area (Å²) in [6.07, 6.45) is 12.4. The number of hydrogen-bond acceptors (Lipinski definition) is 3. The summed E-state index contributed by atoms with van der Waals surface area (Å²) in [5.41, 5.74) is 12.1. The largest absolute Gasteiger partial charge is 0.264 e. The molecule has 0 N–H and O–H groups in total. The van der Waals surface area contributed by atoms with Gasteiger partial charge in [-0.1, -0.05) is 133 Å². The van der Waals surface area contributed by atoms with Crippen LogP contribution in [0.5, 0.6) is 0 Å². The van der Waals surface area contributed by atoms with Crippen LogP contribution in [-0.2, 0) is 0 Å². The van der Waals surface area contributed by atoms with E-state index in [1.165, 1.54) is 33.0 Å². The van der Waals surface area contributed by atoms with Crippen LogP contribution in [0, 0.1) is 0 Å². The number of nitrogens with zero attached hydrogens (tertiary/aromatic N) is 3. The van der Waals surface area contributed by atoms with Crippen molar-refractivity contribution < 1.29 is 0 Å². The molecule has 0 saturated heterocycles. The van der Waals surface area contributed by atoms with Crippen molar-refractivity contribution in [1.29, 1.82) is 0 Å². The van der Waals surface area contributed by atoms with Crippen molar-refractivity contribution in [2.24, 2.45) is 0 Å². The van der Waals surface area contributed by atoms with E-state index >= 15 is 0 Å². The van der Waals surface area contributed by atoms with E-state index in [1.54, 1.807) is 6.20 Å². The highest BCUT2D eigenvalue weighted by atomic mass is 14.9.